The number of nitrogens with two attached hydrogens (primary N) is 1. The number of aryl methyl sites for hydroxylation is 1. The van der Waals surface area contributed by atoms with Crippen LogP contribution in [0.5, 0.6) is 0 Å². The number of nitrogens with zero attached hydrogens (tertiary/aromatic N) is 3. The molecule has 10 nitrogen and oxygen atoms in total. The molecular weight excluding hydrogens is 520 g/mol. The second-order valence-corrected chi connectivity index (χ2v) is 11.8. The maximum atomic E-state index is 13.0. The van der Waals surface area contributed by atoms with Gasteiger partial charge in [0.05, 0.1) is 12.4 Å². The lowest BCUT2D eigenvalue weighted by atomic mass is 9.82. The fourth-order valence-corrected chi connectivity index (χ4v) is 5.39. The molecule has 0 saturated heterocycles. The quantitative estimate of drug-likeness (QED) is 0.342. The predicted octanol–water partition coefficient (Wildman–Crippen LogP) is 3.24. The summed E-state index contributed by atoms with van der Waals surface area (Å²) in [5.74, 6) is -0.932. The van der Waals surface area contributed by atoms with E-state index < -0.39 is 33.6 Å². The van der Waals surface area contributed by atoms with E-state index in [1.807, 2.05) is 61.5 Å². The number of carbonyl (C=O) groups excluding carboxylic acids is 1. The van der Waals surface area contributed by atoms with Crippen LogP contribution in [0.4, 0.5) is 0 Å². The van der Waals surface area contributed by atoms with Crippen LogP contribution in [0.25, 0.3) is 22.5 Å². The Kier molecular flexibility index (Phi) is 9.26. The van der Waals surface area contributed by atoms with Gasteiger partial charge in [0.25, 0.3) is 10.1 Å². The number of benzene rings is 2. The molecule has 0 spiro atoms. The van der Waals surface area contributed by atoms with Crippen LogP contribution in [0.2, 0.25) is 0 Å². The van der Waals surface area contributed by atoms with Crippen molar-refractivity contribution in [1.29, 1.82) is 0 Å². The Morgan fingerprint density at radius 1 is 1.03 bits per heavy atom. The van der Waals surface area contributed by atoms with E-state index >= 15 is 0 Å². The lowest BCUT2D eigenvalue weighted by Gasteiger charge is -2.29. The van der Waals surface area contributed by atoms with Gasteiger partial charge in [-0.1, -0.05) is 60.2 Å². The van der Waals surface area contributed by atoms with Gasteiger partial charge in [-0.25, -0.2) is 9.48 Å². The fourth-order valence-electron chi connectivity index (χ4n) is 4.88. The summed E-state index contributed by atoms with van der Waals surface area (Å²) >= 11 is 0. The van der Waals surface area contributed by atoms with Crippen LogP contribution in [0.15, 0.2) is 59.4 Å². The van der Waals surface area contributed by atoms with Crippen molar-refractivity contribution < 1.29 is 22.5 Å². The van der Waals surface area contributed by atoms with Crippen LogP contribution in [0.1, 0.15) is 37.7 Å². The summed E-state index contributed by atoms with van der Waals surface area (Å²) in [6.07, 6.45) is 2.07. The molecule has 1 heterocycles. The average molecular weight is 555 g/mol. The highest BCUT2D eigenvalue weighted by Crippen LogP contribution is 2.31. The highest BCUT2D eigenvalue weighted by atomic mass is 32.2. The second-order valence-electron chi connectivity index (χ2n) is 10.2. The molecule has 11 heteroatoms. The van der Waals surface area contributed by atoms with Crippen molar-refractivity contribution in [2.75, 3.05) is 12.4 Å². The van der Waals surface area contributed by atoms with Crippen molar-refractivity contribution in [3.8, 4) is 22.5 Å². The third-order valence-electron chi connectivity index (χ3n) is 7.13. The second kappa shape index (κ2) is 12.6. The van der Waals surface area contributed by atoms with Gasteiger partial charge >= 0.3 is 5.69 Å². The van der Waals surface area contributed by atoms with Crippen molar-refractivity contribution in [3.05, 3.63) is 70.6 Å². The monoisotopic (exact) mass is 554 g/mol. The molecule has 1 saturated carbocycles. The first-order chi connectivity index (χ1) is 18.6. The van der Waals surface area contributed by atoms with Crippen LogP contribution < -0.4 is 11.4 Å². The van der Waals surface area contributed by atoms with E-state index in [0.717, 1.165) is 42.4 Å². The molecule has 0 radical (unpaired) electrons. The highest BCUT2D eigenvalue weighted by Gasteiger charge is 2.26. The third kappa shape index (κ3) is 8.04. The summed E-state index contributed by atoms with van der Waals surface area (Å²) in [6, 6.07) is 17.6. The highest BCUT2D eigenvalue weighted by molar-refractivity contribution is 7.85. The Hall–Kier alpha value is -3.41. The van der Waals surface area contributed by atoms with Gasteiger partial charge < -0.3 is 10.5 Å². The molecule has 1 atom stereocenters. The Bertz CT molecular complexity index is 1430. The van der Waals surface area contributed by atoms with Gasteiger partial charge in [-0.15, -0.1) is 0 Å². The molecule has 1 aromatic heterocycles. The predicted molar refractivity (Wildman–Crippen MR) is 147 cm³/mol. The summed E-state index contributed by atoms with van der Waals surface area (Å²) in [6.45, 7) is 2.74. The van der Waals surface area contributed by atoms with Crippen molar-refractivity contribution in [2.24, 2.45) is 17.6 Å². The molecular formula is C28H34N4O6S. The zero-order chi connectivity index (χ0) is 28.0. The van der Waals surface area contributed by atoms with Crippen LogP contribution in [-0.2, 0) is 26.2 Å². The normalized spacial score (nSPS) is 18.5. The number of aromatic nitrogens is 3. The molecule has 39 heavy (non-hydrogen) atoms. The van der Waals surface area contributed by atoms with Gasteiger partial charge in [-0.05, 0) is 50.9 Å². The van der Waals surface area contributed by atoms with E-state index in [1.165, 1.54) is 4.68 Å². The molecule has 3 aromatic rings. The summed E-state index contributed by atoms with van der Waals surface area (Å²) in [7, 11) is -4.20. The molecule has 0 aliphatic heterocycles. The first-order valence-corrected chi connectivity index (χ1v) is 14.7. The largest absolute Gasteiger partial charge is 0.368 e. The van der Waals surface area contributed by atoms with Crippen molar-refractivity contribution in [1.82, 2.24) is 14.8 Å². The Morgan fingerprint density at radius 2 is 1.64 bits per heavy atom. The molecule has 1 amide bonds. The molecule has 208 valence electrons. The Balaban J connectivity index is 1.43. The lowest BCUT2D eigenvalue weighted by molar-refractivity contribution is -0.130. The maximum Gasteiger partial charge on any atom is 0.364 e. The van der Waals surface area contributed by atoms with Gasteiger partial charge in [0.15, 0.2) is 0 Å². The first-order valence-electron chi connectivity index (χ1n) is 13.1. The fraction of sp³-hybridized carbons (Fsp3) is 0.429. The summed E-state index contributed by atoms with van der Waals surface area (Å²) in [5, 5.41) is 4.78. The minimum absolute atomic E-state index is 0.181. The summed E-state index contributed by atoms with van der Waals surface area (Å²) < 4.78 is 38.0. The van der Waals surface area contributed by atoms with Gasteiger partial charge in [-0.3, -0.25) is 9.35 Å². The molecule has 0 bridgehead atoms. The van der Waals surface area contributed by atoms with E-state index in [2.05, 4.69) is 4.98 Å². The van der Waals surface area contributed by atoms with E-state index in [0.29, 0.717) is 17.9 Å². The van der Waals surface area contributed by atoms with Gasteiger partial charge in [-0.2, -0.15) is 18.5 Å². The topological polar surface area (TPSA) is 154 Å². The minimum atomic E-state index is -4.20. The summed E-state index contributed by atoms with van der Waals surface area (Å²) in [4.78, 5) is 29.1. The maximum absolute atomic E-state index is 13.0. The molecule has 2 aromatic carbocycles. The SMILES string of the molecule is Cc1ccc(-c2nn(C[C@H]3CC[C@@H](COC(CCS(=O)(=O)O)C(N)=O)CC3)c(=O)nc2-c2ccccc2)cc1. The third-order valence-corrected chi connectivity index (χ3v) is 7.88. The molecule has 1 unspecified atom stereocenters. The van der Waals surface area contributed by atoms with Crippen molar-refractivity contribution in [3.63, 3.8) is 0 Å². The molecule has 1 aliphatic carbocycles. The first kappa shape index (κ1) is 28.6. The minimum Gasteiger partial charge on any atom is -0.368 e. The number of hydrogen-bond donors (Lipinski definition) is 2. The number of hydrogen-bond acceptors (Lipinski definition) is 7. The standard InChI is InChI=1S/C28H34N4O6S/c1-19-7-13-23(14-8-19)26-25(22-5-3-2-4-6-22)30-28(34)32(31-26)17-20-9-11-21(12-10-20)18-38-24(27(29)33)15-16-39(35,36)37/h2-8,13-14,20-21,24H,9-12,15-18H2,1H3,(H2,29,33)(H,35,36,37)/t20-,21+,24?. The van der Waals surface area contributed by atoms with Crippen LogP contribution in [0.3, 0.4) is 0 Å². The van der Waals surface area contributed by atoms with E-state index in [1.54, 1.807) is 0 Å². The number of amides is 1. The number of ether oxygens (including phenoxy) is 1. The zero-order valence-corrected chi connectivity index (χ0v) is 22.7. The van der Waals surface area contributed by atoms with Crippen LogP contribution in [-0.4, -0.2) is 52.1 Å². The van der Waals surface area contributed by atoms with Crippen LogP contribution in [0, 0.1) is 18.8 Å². The van der Waals surface area contributed by atoms with E-state index in [4.69, 9.17) is 20.1 Å². The van der Waals surface area contributed by atoms with E-state index in [-0.39, 0.29) is 24.9 Å². The molecule has 1 aliphatic rings. The van der Waals surface area contributed by atoms with Crippen molar-refractivity contribution >= 4 is 16.0 Å². The number of carbonyl (C=O) groups is 1. The van der Waals surface area contributed by atoms with Gasteiger partial charge in [0.2, 0.25) is 5.91 Å². The van der Waals surface area contributed by atoms with Gasteiger partial charge in [0, 0.05) is 17.7 Å². The van der Waals surface area contributed by atoms with Crippen molar-refractivity contribution in [2.45, 2.75) is 51.7 Å². The zero-order valence-electron chi connectivity index (χ0n) is 21.9. The van der Waals surface area contributed by atoms with Gasteiger partial charge in [0.1, 0.15) is 17.5 Å². The smallest absolute Gasteiger partial charge is 0.364 e. The van der Waals surface area contributed by atoms with E-state index in [9.17, 15) is 18.0 Å². The Morgan fingerprint density at radius 3 is 2.26 bits per heavy atom. The average Bonchev–Trinajstić information content (AvgIpc) is 2.90. The molecule has 3 N–H and O–H groups in total. The van der Waals surface area contributed by atoms with Crippen LogP contribution >= 0.6 is 0 Å². The lowest BCUT2D eigenvalue weighted by Crippen LogP contribution is -2.35. The number of rotatable bonds is 11. The molecule has 4 rings (SSSR count). The number of primary amides is 1. The molecule has 1 fully saturated rings. The Labute approximate surface area is 228 Å². The summed E-state index contributed by atoms with van der Waals surface area (Å²) in [5.41, 5.74) is 9.00.